The van der Waals surface area contributed by atoms with Gasteiger partial charge in [-0.2, -0.15) is 13.2 Å². The maximum absolute atomic E-state index is 12.2. The molecule has 3 unspecified atom stereocenters. The summed E-state index contributed by atoms with van der Waals surface area (Å²) in [5.41, 5.74) is 0. The van der Waals surface area contributed by atoms with Crippen LogP contribution in [-0.2, 0) is 4.74 Å². The highest BCUT2D eigenvalue weighted by atomic mass is 19.4. The first-order valence-corrected chi connectivity index (χ1v) is 5.65. The van der Waals surface area contributed by atoms with Gasteiger partial charge >= 0.3 is 6.18 Å². The fourth-order valence-corrected chi connectivity index (χ4v) is 1.31. The third-order valence-corrected chi connectivity index (χ3v) is 2.53. The van der Waals surface area contributed by atoms with E-state index in [9.17, 15) is 48.3 Å². The molecule has 12 heteroatoms. The molecule has 0 heterocycles. The van der Waals surface area contributed by atoms with Gasteiger partial charge in [0.05, 0.1) is 0 Å². The maximum Gasteiger partial charge on any atom is 0.425 e. The molecule has 134 valence electrons. The zero-order valence-corrected chi connectivity index (χ0v) is 10.6. The highest BCUT2D eigenvalue weighted by Gasteiger charge is 2.52. The van der Waals surface area contributed by atoms with Gasteiger partial charge in [-0.15, -0.1) is 0 Å². The normalized spacial score (nSPS) is 26.6. The number of ether oxygens (including phenoxy) is 1. The van der Waals surface area contributed by atoms with Gasteiger partial charge < -0.3 is 4.74 Å². The van der Waals surface area contributed by atoms with Crippen LogP contribution in [0.1, 0.15) is 19.3 Å². The number of halogens is 11. The Bertz CT molecular complexity index is 329. The van der Waals surface area contributed by atoms with E-state index in [-0.39, 0.29) is 0 Å². The van der Waals surface area contributed by atoms with Crippen molar-refractivity contribution in [2.45, 2.75) is 56.0 Å². The molecule has 0 spiro atoms. The predicted molar refractivity (Wildman–Crippen MR) is 51.5 cm³/mol. The summed E-state index contributed by atoms with van der Waals surface area (Å²) < 4.78 is 132. The summed E-state index contributed by atoms with van der Waals surface area (Å²) >= 11 is 0. The van der Waals surface area contributed by atoms with E-state index in [1.54, 1.807) is 0 Å². The van der Waals surface area contributed by atoms with Crippen LogP contribution in [0.3, 0.4) is 0 Å². The van der Waals surface area contributed by atoms with Crippen LogP contribution in [0.5, 0.6) is 0 Å². The van der Waals surface area contributed by atoms with Crippen molar-refractivity contribution in [3.8, 4) is 0 Å². The smallest absolute Gasteiger partial charge is 0.314 e. The first kappa shape index (κ1) is 21.2. The molecule has 1 nitrogen and oxygen atoms in total. The monoisotopic (exact) mass is 356 g/mol. The van der Waals surface area contributed by atoms with Crippen LogP contribution >= 0.6 is 0 Å². The second-order valence-corrected chi connectivity index (χ2v) is 4.36. The molecule has 1 saturated carbocycles. The molecule has 0 bridgehead atoms. The quantitative estimate of drug-likeness (QED) is 0.654. The summed E-state index contributed by atoms with van der Waals surface area (Å²) in [4.78, 5) is 0. The standard InChI is InChI=1S/C6H7F5.C4H4F6O/c7-4-3-5(8,9)1-2-6(4,10)11;5-1-11-3(7)2(6)4(8,9)10/h4H,1-3H2;2-3H,1H2. The molecule has 1 aliphatic carbocycles. The lowest BCUT2D eigenvalue weighted by Gasteiger charge is -2.30. The fraction of sp³-hybridized carbons (Fsp3) is 1.00. The lowest BCUT2D eigenvalue weighted by atomic mass is 9.92. The maximum atomic E-state index is 12.2. The van der Waals surface area contributed by atoms with E-state index in [0.717, 1.165) is 0 Å². The summed E-state index contributed by atoms with van der Waals surface area (Å²) in [5, 5.41) is 0. The topological polar surface area (TPSA) is 9.23 Å². The summed E-state index contributed by atoms with van der Waals surface area (Å²) in [7, 11) is 0. The Kier molecular flexibility index (Phi) is 7.36. The summed E-state index contributed by atoms with van der Waals surface area (Å²) in [5.74, 6) is -6.80. The van der Waals surface area contributed by atoms with E-state index in [1.807, 2.05) is 0 Å². The Morgan fingerprint density at radius 1 is 1.05 bits per heavy atom. The molecule has 0 aromatic heterocycles. The van der Waals surface area contributed by atoms with Crippen molar-refractivity contribution in [2.75, 3.05) is 6.86 Å². The summed E-state index contributed by atoms with van der Waals surface area (Å²) in [6.45, 7) is -1.79. The van der Waals surface area contributed by atoms with Gasteiger partial charge in [-0.05, 0) is 0 Å². The molecule has 0 N–H and O–H groups in total. The SMILES string of the molecule is FC1CC(F)(F)CCC1(F)F.FCOC(F)C(F)C(F)(F)F. The third kappa shape index (κ3) is 6.97. The molecule has 0 aromatic carbocycles. The Morgan fingerprint density at radius 2 is 1.55 bits per heavy atom. The molecule has 0 aliphatic heterocycles. The van der Waals surface area contributed by atoms with E-state index in [0.29, 0.717) is 0 Å². The third-order valence-electron chi connectivity index (χ3n) is 2.53. The minimum atomic E-state index is -5.35. The van der Waals surface area contributed by atoms with Gasteiger partial charge in [0, 0.05) is 19.3 Å². The van der Waals surface area contributed by atoms with Crippen LogP contribution in [0, 0.1) is 0 Å². The number of rotatable bonds is 3. The van der Waals surface area contributed by atoms with Gasteiger partial charge in [0.1, 0.15) is 0 Å². The number of hydrogen-bond donors (Lipinski definition) is 0. The molecular formula is C10H11F11O. The van der Waals surface area contributed by atoms with Gasteiger partial charge in [0.15, 0.2) is 13.0 Å². The first-order valence-electron chi connectivity index (χ1n) is 5.65. The van der Waals surface area contributed by atoms with Crippen LogP contribution in [0.15, 0.2) is 0 Å². The highest BCUT2D eigenvalue weighted by molar-refractivity contribution is 4.89. The molecule has 1 fully saturated rings. The van der Waals surface area contributed by atoms with E-state index in [4.69, 9.17) is 0 Å². The van der Waals surface area contributed by atoms with Crippen molar-refractivity contribution < 1.29 is 53.0 Å². The van der Waals surface area contributed by atoms with E-state index >= 15 is 0 Å². The zero-order valence-electron chi connectivity index (χ0n) is 10.6. The largest absolute Gasteiger partial charge is 0.425 e. The first-order chi connectivity index (χ1) is 9.73. The number of hydrogen-bond acceptors (Lipinski definition) is 1. The van der Waals surface area contributed by atoms with E-state index in [2.05, 4.69) is 4.74 Å². The molecule has 0 amide bonds. The molecule has 1 rings (SSSR count). The highest BCUT2D eigenvalue weighted by Crippen LogP contribution is 2.43. The van der Waals surface area contributed by atoms with Crippen molar-refractivity contribution in [2.24, 2.45) is 0 Å². The second-order valence-electron chi connectivity index (χ2n) is 4.36. The average Bonchev–Trinajstić information content (AvgIpc) is 2.34. The van der Waals surface area contributed by atoms with Crippen LogP contribution in [0.25, 0.3) is 0 Å². The Labute approximate surface area is 117 Å². The van der Waals surface area contributed by atoms with Crippen molar-refractivity contribution in [1.29, 1.82) is 0 Å². The molecular weight excluding hydrogens is 345 g/mol. The van der Waals surface area contributed by atoms with Crippen molar-refractivity contribution in [1.82, 2.24) is 0 Å². The zero-order chi connectivity index (χ0) is 17.8. The van der Waals surface area contributed by atoms with E-state index in [1.165, 1.54) is 0 Å². The molecule has 0 radical (unpaired) electrons. The van der Waals surface area contributed by atoms with Gasteiger partial charge in [-0.3, -0.25) is 0 Å². The molecule has 0 saturated heterocycles. The summed E-state index contributed by atoms with van der Waals surface area (Å²) in [6.07, 6.45) is -18.4. The average molecular weight is 356 g/mol. The second kappa shape index (κ2) is 7.64. The van der Waals surface area contributed by atoms with Crippen LogP contribution in [0.2, 0.25) is 0 Å². The van der Waals surface area contributed by atoms with Gasteiger partial charge in [0.2, 0.25) is 6.36 Å². The minimum Gasteiger partial charge on any atom is -0.314 e. The summed E-state index contributed by atoms with van der Waals surface area (Å²) in [6, 6.07) is 0. The van der Waals surface area contributed by atoms with Crippen LogP contribution < -0.4 is 0 Å². The molecule has 1 aliphatic rings. The minimum absolute atomic E-state index is 0.916. The fourth-order valence-electron chi connectivity index (χ4n) is 1.31. The molecule has 3 atom stereocenters. The van der Waals surface area contributed by atoms with Crippen LogP contribution in [0.4, 0.5) is 48.3 Å². The molecule has 22 heavy (non-hydrogen) atoms. The van der Waals surface area contributed by atoms with E-state index < -0.39 is 62.8 Å². The van der Waals surface area contributed by atoms with Crippen LogP contribution in [-0.4, -0.2) is 43.6 Å². The Balaban J connectivity index is 0.000000401. The number of alkyl halides is 11. The predicted octanol–water partition coefficient (Wildman–Crippen LogP) is 4.91. The Morgan fingerprint density at radius 3 is 1.86 bits per heavy atom. The Hall–Kier alpha value is -0.810. The lowest BCUT2D eigenvalue weighted by Crippen LogP contribution is -2.41. The van der Waals surface area contributed by atoms with Gasteiger partial charge in [-0.1, -0.05) is 0 Å². The van der Waals surface area contributed by atoms with Crippen molar-refractivity contribution in [3.63, 3.8) is 0 Å². The van der Waals surface area contributed by atoms with Crippen molar-refractivity contribution >= 4 is 0 Å². The van der Waals surface area contributed by atoms with Crippen molar-refractivity contribution in [3.05, 3.63) is 0 Å². The van der Waals surface area contributed by atoms with Gasteiger partial charge in [0.25, 0.3) is 18.0 Å². The van der Waals surface area contributed by atoms with Gasteiger partial charge in [-0.25, -0.2) is 35.1 Å². The lowest BCUT2D eigenvalue weighted by molar-refractivity contribution is -0.241. The molecule has 0 aromatic rings.